The van der Waals surface area contributed by atoms with Crippen molar-refractivity contribution in [2.24, 2.45) is 0 Å². The average molecular weight is 538 g/mol. The molecular weight excluding hydrogens is 506 g/mol. The summed E-state index contributed by atoms with van der Waals surface area (Å²) in [5.41, 5.74) is 7.89. The lowest BCUT2D eigenvalue weighted by molar-refractivity contribution is 1.28. The van der Waals surface area contributed by atoms with Crippen molar-refractivity contribution in [3.63, 3.8) is 0 Å². The van der Waals surface area contributed by atoms with Crippen LogP contribution >= 0.6 is 0 Å². The topological polar surface area (TPSA) is 12.9 Å². The van der Waals surface area contributed by atoms with E-state index in [4.69, 9.17) is 4.98 Å². The molecule has 1 heteroatoms. The van der Waals surface area contributed by atoms with Gasteiger partial charge < -0.3 is 0 Å². The number of allylic oxidation sites excluding steroid dienone is 9. The van der Waals surface area contributed by atoms with Crippen LogP contribution in [0.25, 0.3) is 60.1 Å². The van der Waals surface area contributed by atoms with Crippen molar-refractivity contribution in [2.75, 3.05) is 0 Å². The lowest BCUT2D eigenvalue weighted by Crippen LogP contribution is -1.92. The Bertz CT molecular complexity index is 2030. The van der Waals surface area contributed by atoms with Crippen LogP contribution in [0.5, 0.6) is 0 Å². The molecule has 200 valence electrons. The van der Waals surface area contributed by atoms with E-state index in [0.717, 1.165) is 29.7 Å². The highest BCUT2D eigenvalue weighted by Gasteiger charge is 2.17. The summed E-state index contributed by atoms with van der Waals surface area (Å²) in [6.07, 6.45) is 19.0. The molecule has 0 amide bonds. The van der Waals surface area contributed by atoms with Crippen molar-refractivity contribution in [1.29, 1.82) is 0 Å². The van der Waals surface area contributed by atoms with Gasteiger partial charge in [0.15, 0.2) is 0 Å². The number of aromatic nitrogens is 1. The van der Waals surface area contributed by atoms with Gasteiger partial charge >= 0.3 is 0 Å². The van der Waals surface area contributed by atoms with Gasteiger partial charge in [-0.05, 0) is 85.1 Å². The first-order chi connectivity index (χ1) is 20.8. The highest BCUT2D eigenvalue weighted by atomic mass is 14.7. The SMILES string of the molecule is C=C(/C=C\C=C1\C=CCC=CC1)c1ccc(-c2c3ccccc3c(-c3ccc4ccccc4c3)c3ccccc23)cn1. The van der Waals surface area contributed by atoms with Crippen LogP contribution in [0.2, 0.25) is 0 Å². The van der Waals surface area contributed by atoms with Gasteiger partial charge in [0, 0.05) is 11.8 Å². The second-order valence-corrected chi connectivity index (χ2v) is 10.8. The van der Waals surface area contributed by atoms with Crippen LogP contribution in [0.4, 0.5) is 0 Å². The lowest BCUT2D eigenvalue weighted by Gasteiger charge is -2.18. The Morgan fingerprint density at radius 1 is 0.643 bits per heavy atom. The molecule has 0 saturated carbocycles. The van der Waals surface area contributed by atoms with Crippen LogP contribution in [-0.4, -0.2) is 4.98 Å². The monoisotopic (exact) mass is 537 g/mol. The molecular formula is C41H31N. The third kappa shape index (κ3) is 4.91. The summed E-state index contributed by atoms with van der Waals surface area (Å²) < 4.78 is 0. The number of pyridine rings is 1. The molecule has 5 aromatic carbocycles. The summed E-state index contributed by atoms with van der Waals surface area (Å²) in [4.78, 5) is 4.87. The van der Waals surface area contributed by atoms with Crippen LogP contribution in [0.15, 0.2) is 164 Å². The standard InChI is InChI=1S/C41H31N/c1-29(13-12-16-30-14-4-2-3-5-15-30)39-26-25-34(28-42-39)41-37-21-10-8-19-35(37)40(36-20-9-11-22-38(36)41)33-24-23-31-17-6-7-18-32(31)27-33/h2,4-13,15-28H,1,3,14H2/b13-12-,30-16+. The largest absolute Gasteiger partial charge is 0.256 e. The lowest BCUT2D eigenvalue weighted by atomic mass is 9.86. The molecule has 0 fully saturated rings. The maximum Gasteiger partial charge on any atom is 0.0696 e. The molecule has 0 bridgehead atoms. The fraction of sp³-hybridized carbons (Fsp3) is 0.0488. The molecule has 1 nitrogen and oxygen atoms in total. The van der Waals surface area contributed by atoms with Crippen LogP contribution in [-0.2, 0) is 0 Å². The zero-order valence-electron chi connectivity index (χ0n) is 23.5. The maximum absolute atomic E-state index is 4.87. The van der Waals surface area contributed by atoms with E-state index in [1.165, 1.54) is 54.6 Å². The minimum absolute atomic E-state index is 0.881. The average Bonchev–Trinajstić information content (AvgIpc) is 3.32. The predicted molar refractivity (Wildman–Crippen MR) is 181 cm³/mol. The molecule has 0 radical (unpaired) electrons. The molecule has 42 heavy (non-hydrogen) atoms. The number of fused-ring (bicyclic) bond motifs is 3. The van der Waals surface area contributed by atoms with Gasteiger partial charge in [0.1, 0.15) is 0 Å². The van der Waals surface area contributed by atoms with Gasteiger partial charge in [0.05, 0.1) is 5.69 Å². The second-order valence-electron chi connectivity index (χ2n) is 10.8. The number of hydrogen-bond acceptors (Lipinski definition) is 1. The number of benzene rings is 5. The Morgan fingerprint density at radius 2 is 1.29 bits per heavy atom. The van der Waals surface area contributed by atoms with Crippen molar-refractivity contribution < 1.29 is 0 Å². The maximum atomic E-state index is 4.87. The van der Waals surface area contributed by atoms with Crippen LogP contribution < -0.4 is 0 Å². The first kappa shape index (κ1) is 25.7. The first-order valence-corrected chi connectivity index (χ1v) is 14.5. The Balaban J connectivity index is 1.31. The first-order valence-electron chi connectivity index (χ1n) is 14.5. The van der Waals surface area contributed by atoms with Gasteiger partial charge in [-0.1, -0.05) is 140 Å². The Hall–Kier alpha value is -5.27. The summed E-state index contributed by atoms with van der Waals surface area (Å²) in [6, 6.07) is 37.1. The van der Waals surface area contributed by atoms with Gasteiger partial charge in [-0.3, -0.25) is 4.98 Å². The van der Waals surface area contributed by atoms with Crippen molar-refractivity contribution in [1.82, 2.24) is 4.98 Å². The molecule has 1 aliphatic rings. The minimum Gasteiger partial charge on any atom is -0.256 e. The highest BCUT2D eigenvalue weighted by Crippen LogP contribution is 2.43. The van der Waals surface area contributed by atoms with E-state index in [1.54, 1.807) is 0 Å². The summed E-state index contributed by atoms with van der Waals surface area (Å²) in [7, 11) is 0. The fourth-order valence-electron chi connectivity index (χ4n) is 6.01. The molecule has 0 atom stereocenters. The van der Waals surface area contributed by atoms with E-state index in [-0.39, 0.29) is 0 Å². The van der Waals surface area contributed by atoms with Crippen molar-refractivity contribution in [3.8, 4) is 22.3 Å². The van der Waals surface area contributed by atoms with E-state index >= 15 is 0 Å². The van der Waals surface area contributed by atoms with Gasteiger partial charge in [-0.2, -0.15) is 0 Å². The summed E-state index contributed by atoms with van der Waals surface area (Å²) in [5.74, 6) is 0. The van der Waals surface area contributed by atoms with Crippen LogP contribution in [0, 0.1) is 0 Å². The smallest absolute Gasteiger partial charge is 0.0696 e. The van der Waals surface area contributed by atoms with Gasteiger partial charge in [-0.15, -0.1) is 0 Å². The minimum atomic E-state index is 0.881. The van der Waals surface area contributed by atoms with E-state index in [9.17, 15) is 0 Å². The molecule has 0 spiro atoms. The number of hydrogen-bond donors (Lipinski definition) is 0. The zero-order valence-corrected chi connectivity index (χ0v) is 23.5. The molecule has 6 aromatic rings. The van der Waals surface area contributed by atoms with Crippen LogP contribution in [0.3, 0.4) is 0 Å². The van der Waals surface area contributed by atoms with Crippen molar-refractivity contribution >= 4 is 37.9 Å². The van der Waals surface area contributed by atoms with Gasteiger partial charge in [0.25, 0.3) is 0 Å². The fourth-order valence-corrected chi connectivity index (χ4v) is 6.01. The zero-order chi connectivity index (χ0) is 28.3. The molecule has 1 aliphatic carbocycles. The normalized spacial score (nSPS) is 14.3. The predicted octanol–water partition coefficient (Wildman–Crippen LogP) is 11.3. The third-order valence-electron chi connectivity index (χ3n) is 8.08. The summed E-state index contributed by atoms with van der Waals surface area (Å²) in [6.45, 7) is 4.28. The van der Waals surface area contributed by atoms with E-state index in [0.29, 0.717) is 0 Å². The molecule has 7 rings (SSSR count). The Morgan fingerprint density at radius 3 is 1.98 bits per heavy atom. The summed E-state index contributed by atoms with van der Waals surface area (Å²) in [5, 5.41) is 7.44. The Labute approximate surface area is 247 Å². The van der Waals surface area contributed by atoms with E-state index < -0.39 is 0 Å². The molecule has 0 saturated heterocycles. The molecule has 0 unspecified atom stereocenters. The van der Waals surface area contributed by atoms with Crippen molar-refractivity contribution in [3.05, 3.63) is 170 Å². The van der Waals surface area contributed by atoms with Crippen molar-refractivity contribution in [2.45, 2.75) is 12.8 Å². The van der Waals surface area contributed by atoms with E-state index in [1.807, 2.05) is 12.3 Å². The summed E-state index contributed by atoms with van der Waals surface area (Å²) >= 11 is 0. The van der Waals surface area contributed by atoms with Gasteiger partial charge in [-0.25, -0.2) is 0 Å². The molecule has 0 N–H and O–H groups in total. The highest BCUT2D eigenvalue weighted by molar-refractivity contribution is 6.21. The molecule has 1 heterocycles. The van der Waals surface area contributed by atoms with E-state index in [2.05, 4.69) is 146 Å². The van der Waals surface area contributed by atoms with Gasteiger partial charge in [0.2, 0.25) is 0 Å². The third-order valence-corrected chi connectivity index (χ3v) is 8.08. The molecule has 1 aromatic heterocycles. The van der Waals surface area contributed by atoms with Crippen LogP contribution in [0.1, 0.15) is 18.5 Å². The number of nitrogens with zero attached hydrogens (tertiary/aromatic N) is 1. The number of rotatable bonds is 5. The second kappa shape index (κ2) is 11.3. The molecule has 0 aliphatic heterocycles. The Kier molecular flexibility index (Phi) is 6.92. The quantitative estimate of drug-likeness (QED) is 0.121.